The highest BCUT2D eigenvalue weighted by atomic mass is 16.5. The molecular formula is C12H20N4O2. The number of nitrogens with one attached hydrogen (secondary N) is 1. The zero-order chi connectivity index (χ0) is 13.2. The summed E-state index contributed by atoms with van der Waals surface area (Å²) >= 11 is 0. The zero-order valence-corrected chi connectivity index (χ0v) is 11.2. The molecule has 0 aromatic carbocycles. The molecule has 6 nitrogen and oxygen atoms in total. The van der Waals surface area contributed by atoms with Crippen LogP contribution in [0.3, 0.4) is 0 Å². The summed E-state index contributed by atoms with van der Waals surface area (Å²) < 4.78 is 5.46. The third kappa shape index (κ3) is 2.69. The fourth-order valence-electron chi connectivity index (χ4n) is 2.19. The quantitative estimate of drug-likeness (QED) is 0.849. The first-order chi connectivity index (χ1) is 8.54. The molecule has 1 aliphatic rings. The van der Waals surface area contributed by atoms with Gasteiger partial charge < -0.3 is 9.64 Å². The number of rotatable bonds is 5. The number of aryl methyl sites for hydroxylation is 1. The van der Waals surface area contributed by atoms with Gasteiger partial charge in [0.2, 0.25) is 5.91 Å². The maximum Gasteiger partial charge on any atom is 0.225 e. The van der Waals surface area contributed by atoms with E-state index in [2.05, 4.69) is 15.2 Å². The normalized spacial score (nSPS) is 17.3. The molecule has 0 unspecified atom stereocenters. The Balaban J connectivity index is 1.88. The van der Waals surface area contributed by atoms with E-state index in [1.807, 2.05) is 6.92 Å². The Morgan fingerprint density at radius 3 is 2.72 bits per heavy atom. The summed E-state index contributed by atoms with van der Waals surface area (Å²) in [5.41, 5.74) is -0.222. The van der Waals surface area contributed by atoms with Crippen molar-refractivity contribution in [3.05, 3.63) is 11.6 Å². The van der Waals surface area contributed by atoms with E-state index in [0.717, 1.165) is 25.1 Å². The number of amides is 1. The Hall–Kier alpha value is -1.43. The summed E-state index contributed by atoms with van der Waals surface area (Å²) in [5, 5.41) is 6.80. The van der Waals surface area contributed by atoms with Crippen LogP contribution in [-0.2, 0) is 16.1 Å². The van der Waals surface area contributed by atoms with Crippen molar-refractivity contribution >= 4 is 5.91 Å². The second-order valence-electron chi connectivity index (χ2n) is 5.00. The maximum atomic E-state index is 12.1. The number of hydrogen-bond donors (Lipinski definition) is 1. The first-order valence-electron chi connectivity index (χ1n) is 6.22. The summed E-state index contributed by atoms with van der Waals surface area (Å²) in [6.45, 7) is 2.27. The van der Waals surface area contributed by atoms with E-state index in [-0.39, 0.29) is 11.5 Å². The van der Waals surface area contributed by atoms with E-state index in [1.165, 1.54) is 0 Å². The third-order valence-electron chi connectivity index (χ3n) is 3.62. The van der Waals surface area contributed by atoms with Gasteiger partial charge in [-0.25, -0.2) is 4.98 Å². The van der Waals surface area contributed by atoms with E-state index in [1.54, 1.807) is 19.1 Å². The Morgan fingerprint density at radius 2 is 2.28 bits per heavy atom. The van der Waals surface area contributed by atoms with Crippen LogP contribution in [0.15, 0.2) is 0 Å². The lowest BCUT2D eigenvalue weighted by Gasteiger charge is -2.40. The monoisotopic (exact) mass is 252 g/mol. The molecule has 100 valence electrons. The number of H-pyrrole nitrogens is 1. The van der Waals surface area contributed by atoms with Crippen LogP contribution < -0.4 is 0 Å². The van der Waals surface area contributed by atoms with Crippen molar-refractivity contribution in [2.24, 2.45) is 0 Å². The Morgan fingerprint density at radius 1 is 1.56 bits per heavy atom. The number of carbonyl (C=O) groups is 1. The molecule has 1 aromatic heterocycles. The Bertz CT molecular complexity index is 420. The van der Waals surface area contributed by atoms with Crippen molar-refractivity contribution in [2.45, 2.75) is 44.8 Å². The van der Waals surface area contributed by atoms with Crippen molar-refractivity contribution in [3.8, 4) is 0 Å². The predicted molar refractivity (Wildman–Crippen MR) is 65.8 cm³/mol. The van der Waals surface area contributed by atoms with Crippen LogP contribution in [0.1, 0.15) is 37.3 Å². The van der Waals surface area contributed by atoms with Crippen molar-refractivity contribution in [1.29, 1.82) is 0 Å². The lowest BCUT2D eigenvalue weighted by atomic mass is 9.77. The number of aromatic nitrogens is 3. The molecular weight excluding hydrogens is 232 g/mol. The third-order valence-corrected chi connectivity index (χ3v) is 3.62. The van der Waals surface area contributed by atoms with Gasteiger partial charge in [-0.3, -0.25) is 9.89 Å². The molecule has 0 aliphatic heterocycles. The number of hydrogen-bond acceptors (Lipinski definition) is 4. The van der Waals surface area contributed by atoms with Crippen molar-refractivity contribution in [3.63, 3.8) is 0 Å². The van der Waals surface area contributed by atoms with Crippen molar-refractivity contribution in [2.75, 3.05) is 14.2 Å². The zero-order valence-electron chi connectivity index (χ0n) is 11.2. The Kier molecular flexibility index (Phi) is 3.65. The second kappa shape index (κ2) is 5.06. The number of ether oxygens (including phenoxy) is 1. The van der Waals surface area contributed by atoms with E-state index in [0.29, 0.717) is 18.8 Å². The highest BCUT2D eigenvalue weighted by molar-refractivity contribution is 5.77. The van der Waals surface area contributed by atoms with E-state index in [9.17, 15) is 4.79 Å². The van der Waals surface area contributed by atoms with Gasteiger partial charge in [-0.1, -0.05) is 0 Å². The fourth-order valence-corrected chi connectivity index (χ4v) is 2.19. The smallest absolute Gasteiger partial charge is 0.225 e. The molecule has 0 bridgehead atoms. The SMILES string of the molecule is COC1(CC(=O)N(C)Cc2n[nH]c(C)n2)CCC1. The first kappa shape index (κ1) is 13.0. The van der Waals surface area contributed by atoms with Gasteiger partial charge in [0, 0.05) is 14.2 Å². The Labute approximate surface area is 107 Å². The highest BCUT2D eigenvalue weighted by Crippen LogP contribution is 2.38. The average molecular weight is 252 g/mol. The molecule has 1 amide bonds. The lowest BCUT2D eigenvalue weighted by Crippen LogP contribution is -2.44. The van der Waals surface area contributed by atoms with Crippen LogP contribution in [-0.4, -0.2) is 45.7 Å². The van der Waals surface area contributed by atoms with Gasteiger partial charge in [-0.15, -0.1) is 0 Å². The van der Waals surface area contributed by atoms with E-state index >= 15 is 0 Å². The fraction of sp³-hybridized carbons (Fsp3) is 0.750. The second-order valence-corrected chi connectivity index (χ2v) is 5.00. The number of nitrogens with zero attached hydrogens (tertiary/aromatic N) is 3. The summed E-state index contributed by atoms with van der Waals surface area (Å²) in [7, 11) is 3.46. The highest BCUT2D eigenvalue weighted by Gasteiger charge is 2.39. The minimum atomic E-state index is -0.222. The van der Waals surface area contributed by atoms with Crippen molar-refractivity contribution in [1.82, 2.24) is 20.1 Å². The number of carbonyl (C=O) groups excluding carboxylic acids is 1. The molecule has 1 fully saturated rings. The molecule has 1 saturated carbocycles. The predicted octanol–water partition coefficient (Wildman–Crippen LogP) is 1.03. The largest absolute Gasteiger partial charge is 0.378 e. The molecule has 18 heavy (non-hydrogen) atoms. The standard InChI is InChI=1S/C12H20N4O2/c1-9-13-10(15-14-9)8-16(2)11(17)7-12(18-3)5-4-6-12/h4-8H2,1-3H3,(H,13,14,15). The van der Waals surface area contributed by atoms with Gasteiger partial charge in [0.25, 0.3) is 0 Å². The van der Waals surface area contributed by atoms with Crippen LogP contribution >= 0.6 is 0 Å². The molecule has 0 radical (unpaired) electrons. The molecule has 1 N–H and O–H groups in total. The first-order valence-corrected chi connectivity index (χ1v) is 6.22. The molecule has 1 aromatic rings. The minimum absolute atomic E-state index is 0.0824. The summed E-state index contributed by atoms with van der Waals surface area (Å²) in [6.07, 6.45) is 3.54. The molecule has 0 spiro atoms. The maximum absolute atomic E-state index is 12.1. The molecule has 6 heteroatoms. The lowest BCUT2D eigenvalue weighted by molar-refractivity contribution is -0.143. The van der Waals surface area contributed by atoms with Gasteiger partial charge in [-0.05, 0) is 26.2 Å². The van der Waals surface area contributed by atoms with Gasteiger partial charge in [0.15, 0.2) is 5.82 Å². The summed E-state index contributed by atoms with van der Waals surface area (Å²) in [5.74, 6) is 1.49. The van der Waals surface area contributed by atoms with Crippen LogP contribution in [0.4, 0.5) is 0 Å². The van der Waals surface area contributed by atoms with Gasteiger partial charge in [-0.2, -0.15) is 5.10 Å². The average Bonchev–Trinajstić information content (AvgIpc) is 2.69. The van der Waals surface area contributed by atoms with Crippen LogP contribution in [0.5, 0.6) is 0 Å². The van der Waals surface area contributed by atoms with Crippen LogP contribution in [0.25, 0.3) is 0 Å². The summed E-state index contributed by atoms with van der Waals surface area (Å²) in [4.78, 5) is 17.9. The molecule has 0 atom stereocenters. The molecule has 1 aliphatic carbocycles. The van der Waals surface area contributed by atoms with Crippen molar-refractivity contribution < 1.29 is 9.53 Å². The summed E-state index contributed by atoms with van der Waals surface area (Å²) in [6, 6.07) is 0. The molecule has 2 rings (SSSR count). The minimum Gasteiger partial charge on any atom is -0.378 e. The molecule has 1 heterocycles. The van der Waals surface area contributed by atoms with Crippen LogP contribution in [0.2, 0.25) is 0 Å². The van der Waals surface area contributed by atoms with Gasteiger partial charge in [0.05, 0.1) is 18.6 Å². The van der Waals surface area contributed by atoms with Gasteiger partial charge >= 0.3 is 0 Å². The van der Waals surface area contributed by atoms with E-state index in [4.69, 9.17) is 4.74 Å². The number of aromatic amines is 1. The van der Waals surface area contributed by atoms with E-state index < -0.39 is 0 Å². The number of methoxy groups -OCH3 is 1. The molecule has 0 saturated heterocycles. The van der Waals surface area contributed by atoms with Gasteiger partial charge in [0.1, 0.15) is 5.82 Å². The topological polar surface area (TPSA) is 71.1 Å². The van der Waals surface area contributed by atoms with Crippen LogP contribution in [0, 0.1) is 6.92 Å².